The minimum absolute atomic E-state index is 0.0150. The van der Waals surface area contributed by atoms with Gasteiger partial charge < -0.3 is 10.2 Å². The molecule has 1 fully saturated rings. The number of carbonyl (C=O) groups is 1. The fraction of sp³-hybridized carbons (Fsp3) is 0.292. The number of carbonyl (C=O) groups excluding carboxylic acids is 1. The first kappa shape index (κ1) is 21.3. The summed E-state index contributed by atoms with van der Waals surface area (Å²) < 4.78 is 13.4. The van der Waals surface area contributed by atoms with E-state index in [1.165, 1.54) is 17.0 Å². The zero-order valence-corrected chi connectivity index (χ0v) is 18.2. The second-order valence-corrected chi connectivity index (χ2v) is 8.49. The van der Waals surface area contributed by atoms with Crippen LogP contribution < -0.4 is 10.2 Å². The number of thioether (sulfide) groups is 1. The van der Waals surface area contributed by atoms with Gasteiger partial charge in [-0.15, -0.1) is 22.0 Å². The highest BCUT2D eigenvalue weighted by atomic mass is 32.2. The summed E-state index contributed by atoms with van der Waals surface area (Å²) in [5.74, 6) is 0.621. The van der Waals surface area contributed by atoms with E-state index in [-0.39, 0.29) is 17.6 Å². The Labute approximate surface area is 186 Å². The Hall–Kier alpha value is -2.93. The molecule has 0 bridgehead atoms. The number of hydrogen-bond donors (Lipinski definition) is 1. The molecule has 1 amide bonds. The smallest absolute Gasteiger partial charge is 0.223 e. The predicted molar refractivity (Wildman–Crippen MR) is 122 cm³/mol. The quantitative estimate of drug-likeness (QED) is 0.575. The van der Waals surface area contributed by atoms with Gasteiger partial charge in [0.25, 0.3) is 0 Å². The molecule has 0 saturated carbocycles. The summed E-state index contributed by atoms with van der Waals surface area (Å²) in [5, 5.41) is 11.6. The molecule has 0 radical (unpaired) electrons. The van der Waals surface area contributed by atoms with Gasteiger partial charge in [-0.05, 0) is 61.1 Å². The first-order chi connectivity index (χ1) is 15.1. The molecule has 5 nitrogen and oxygen atoms in total. The molecular weight excluding hydrogens is 411 g/mol. The van der Waals surface area contributed by atoms with Gasteiger partial charge in [0.2, 0.25) is 5.91 Å². The van der Waals surface area contributed by atoms with Gasteiger partial charge in [0.1, 0.15) is 5.82 Å². The molecule has 0 unspecified atom stereocenters. The summed E-state index contributed by atoms with van der Waals surface area (Å²) in [4.78, 5) is 15.9. The first-order valence-electron chi connectivity index (χ1n) is 10.4. The van der Waals surface area contributed by atoms with E-state index in [1.807, 2.05) is 24.5 Å². The zero-order chi connectivity index (χ0) is 21.6. The molecule has 3 aromatic rings. The number of rotatable bonds is 6. The van der Waals surface area contributed by atoms with Crippen LogP contribution >= 0.6 is 11.8 Å². The minimum atomic E-state index is -0.291. The average molecular weight is 437 g/mol. The highest BCUT2D eigenvalue weighted by molar-refractivity contribution is 7.98. The van der Waals surface area contributed by atoms with Crippen LogP contribution in [0.15, 0.2) is 65.6 Å². The van der Waals surface area contributed by atoms with Crippen molar-refractivity contribution in [3.05, 3.63) is 72.0 Å². The van der Waals surface area contributed by atoms with Crippen LogP contribution in [0.25, 0.3) is 11.3 Å². The molecule has 1 N–H and O–H groups in total. The Balaban J connectivity index is 1.28. The fourth-order valence-corrected chi connectivity index (χ4v) is 4.15. The van der Waals surface area contributed by atoms with Crippen molar-refractivity contribution < 1.29 is 9.18 Å². The van der Waals surface area contributed by atoms with Crippen LogP contribution in [-0.4, -0.2) is 35.4 Å². The number of piperidine rings is 1. The Kier molecular flexibility index (Phi) is 6.82. The number of nitrogens with zero attached hydrogens (tertiary/aromatic N) is 3. The summed E-state index contributed by atoms with van der Waals surface area (Å²) >= 11 is 1.71. The average Bonchev–Trinajstić information content (AvgIpc) is 2.83. The van der Waals surface area contributed by atoms with E-state index >= 15 is 0 Å². The van der Waals surface area contributed by atoms with Gasteiger partial charge in [0.15, 0.2) is 5.82 Å². The molecule has 31 heavy (non-hydrogen) atoms. The maximum atomic E-state index is 13.4. The van der Waals surface area contributed by atoms with E-state index in [0.29, 0.717) is 17.8 Å². The third kappa shape index (κ3) is 5.41. The van der Waals surface area contributed by atoms with Gasteiger partial charge in [0, 0.05) is 36.0 Å². The first-order valence-corrected chi connectivity index (χ1v) is 11.6. The SMILES string of the molecule is CSc1ccc(CNC(=O)C2CCN(c3ccc(-c4cccc(F)c4)nn3)CC2)cc1. The summed E-state index contributed by atoms with van der Waals surface area (Å²) in [6.45, 7) is 2.07. The Bertz CT molecular complexity index is 1020. The molecule has 0 atom stereocenters. The number of hydrogen-bond acceptors (Lipinski definition) is 5. The summed E-state index contributed by atoms with van der Waals surface area (Å²) in [6.07, 6.45) is 3.61. The van der Waals surface area contributed by atoms with E-state index in [2.05, 4.69) is 44.7 Å². The molecule has 1 aliphatic heterocycles. The normalized spacial score (nSPS) is 14.5. The van der Waals surface area contributed by atoms with Crippen LogP contribution in [-0.2, 0) is 11.3 Å². The third-order valence-corrected chi connectivity index (χ3v) is 6.33. The lowest BCUT2D eigenvalue weighted by molar-refractivity contribution is -0.125. The van der Waals surface area contributed by atoms with Crippen LogP contribution in [0.3, 0.4) is 0 Å². The summed E-state index contributed by atoms with van der Waals surface area (Å²) in [6, 6.07) is 18.4. The molecule has 1 aliphatic rings. The molecule has 2 heterocycles. The summed E-state index contributed by atoms with van der Waals surface area (Å²) in [5.41, 5.74) is 2.46. The molecule has 1 saturated heterocycles. The highest BCUT2D eigenvalue weighted by Gasteiger charge is 2.25. The maximum absolute atomic E-state index is 13.4. The number of aromatic nitrogens is 2. The highest BCUT2D eigenvalue weighted by Crippen LogP contribution is 2.24. The zero-order valence-electron chi connectivity index (χ0n) is 17.4. The van der Waals surface area contributed by atoms with E-state index in [4.69, 9.17) is 0 Å². The molecule has 160 valence electrons. The second-order valence-electron chi connectivity index (χ2n) is 7.61. The number of anilines is 1. The Morgan fingerprint density at radius 1 is 1.10 bits per heavy atom. The van der Waals surface area contributed by atoms with Crippen LogP contribution in [0, 0.1) is 11.7 Å². The second kappa shape index (κ2) is 9.92. The van der Waals surface area contributed by atoms with Gasteiger partial charge >= 0.3 is 0 Å². The molecule has 7 heteroatoms. The minimum Gasteiger partial charge on any atom is -0.355 e. The topological polar surface area (TPSA) is 58.1 Å². The summed E-state index contributed by atoms with van der Waals surface area (Å²) in [7, 11) is 0. The third-order valence-electron chi connectivity index (χ3n) is 5.59. The number of benzene rings is 2. The van der Waals surface area contributed by atoms with E-state index in [1.54, 1.807) is 17.8 Å². The monoisotopic (exact) mass is 436 g/mol. The number of amides is 1. The van der Waals surface area contributed by atoms with E-state index in [9.17, 15) is 9.18 Å². The van der Waals surface area contributed by atoms with Crippen LogP contribution in [0.1, 0.15) is 18.4 Å². The van der Waals surface area contributed by atoms with Crippen LogP contribution in [0.5, 0.6) is 0 Å². The van der Waals surface area contributed by atoms with Crippen molar-refractivity contribution in [3.63, 3.8) is 0 Å². The van der Waals surface area contributed by atoms with Gasteiger partial charge in [-0.25, -0.2) is 4.39 Å². The number of nitrogens with one attached hydrogen (secondary N) is 1. The van der Waals surface area contributed by atoms with Gasteiger partial charge in [-0.2, -0.15) is 0 Å². The van der Waals surface area contributed by atoms with Crippen molar-refractivity contribution in [3.8, 4) is 11.3 Å². The van der Waals surface area contributed by atoms with Gasteiger partial charge in [0.05, 0.1) is 5.69 Å². The predicted octanol–water partition coefficient (Wildman–Crippen LogP) is 4.54. The number of halogens is 1. The van der Waals surface area contributed by atoms with E-state index < -0.39 is 0 Å². The van der Waals surface area contributed by atoms with Gasteiger partial charge in [-0.1, -0.05) is 24.3 Å². The standard InChI is InChI=1S/C24H25FN4OS/c1-31-21-7-5-17(6-8-21)16-26-24(30)18-11-13-29(14-12-18)23-10-9-22(27-28-23)19-3-2-4-20(25)15-19/h2-10,15,18H,11-14,16H2,1H3,(H,26,30). The maximum Gasteiger partial charge on any atom is 0.223 e. The lowest BCUT2D eigenvalue weighted by Gasteiger charge is -2.31. The molecule has 4 rings (SSSR count). The molecule has 2 aromatic carbocycles. The van der Waals surface area contributed by atoms with Crippen LogP contribution in [0.2, 0.25) is 0 Å². The fourth-order valence-electron chi connectivity index (χ4n) is 3.74. The van der Waals surface area contributed by atoms with E-state index in [0.717, 1.165) is 37.3 Å². The Morgan fingerprint density at radius 2 is 1.87 bits per heavy atom. The van der Waals surface area contributed by atoms with Crippen molar-refractivity contribution >= 4 is 23.5 Å². The Morgan fingerprint density at radius 3 is 2.52 bits per heavy atom. The lowest BCUT2D eigenvalue weighted by atomic mass is 9.96. The van der Waals surface area contributed by atoms with Crippen molar-refractivity contribution in [1.29, 1.82) is 0 Å². The largest absolute Gasteiger partial charge is 0.355 e. The van der Waals surface area contributed by atoms with Crippen molar-refractivity contribution in [2.45, 2.75) is 24.3 Å². The van der Waals surface area contributed by atoms with Crippen molar-refractivity contribution in [2.24, 2.45) is 5.92 Å². The molecule has 1 aromatic heterocycles. The molecule has 0 aliphatic carbocycles. The molecule has 0 spiro atoms. The van der Waals surface area contributed by atoms with Crippen molar-refractivity contribution in [1.82, 2.24) is 15.5 Å². The van der Waals surface area contributed by atoms with Gasteiger partial charge in [-0.3, -0.25) is 4.79 Å². The lowest BCUT2D eigenvalue weighted by Crippen LogP contribution is -2.40. The van der Waals surface area contributed by atoms with Crippen LogP contribution in [0.4, 0.5) is 10.2 Å². The van der Waals surface area contributed by atoms with Crippen molar-refractivity contribution in [2.75, 3.05) is 24.2 Å². The molecular formula is C24H25FN4OS.